The predicted octanol–water partition coefficient (Wildman–Crippen LogP) is 3.10. The van der Waals surface area contributed by atoms with Crippen molar-refractivity contribution in [3.63, 3.8) is 0 Å². The molecule has 5 nitrogen and oxygen atoms in total. The maximum atomic E-state index is 13.4. The van der Waals surface area contributed by atoms with Crippen molar-refractivity contribution >= 4 is 5.91 Å². The van der Waals surface area contributed by atoms with Crippen molar-refractivity contribution in [3.8, 4) is 5.69 Å². The van der Waals surface area contributed by atoms with Gasteiger partial charge in [0.25, 0.3) is 5.91 Å². The molecule has 6 heteroatoms. The van der Waals surface area contributed by atoms with Gasteiger partial charge < -0.3 is 9.73 Å². The summed E-state index contributed by atoms with van der Waals surface area (Å²) in [6.45, 7) is 2.23. The SMILES string of the molecule is CCc1c(C(=O)NCc2ccco2)cnn1-c1cccc(F)c1. The van der Waals surface area contributed by atoms with E-state index in [-0.39, 0.29) is 11.7 Å². The molecule has 0 atom stereocenters. The van der Waals surface area contributed by atoms with Crippen LogP contribution in [-0.4, -0.2) is 15.7 Å². The smallest absolute Gasteiger partial charge is 0.255 e. The number of rotatable bonds is 5. The van der Waals surface area contributed by atoms with Gasteiger partial charge in [-0.2, -0.15) is 5.10 Å². The van der Waals surface area contributed by atoms with Gasteiger partial charge in [0.05, 0.1) is 35.9 Å². The first kappa shape index (κ1) is 15.0. The number of carbonyl (C=O) groups excluding carboxylic acids is 1. The quantitative estimate of drug-likeness (QED) is 0.787. The van der Waals surface area contributed by atoms with Crippen molar-refractivity contribution < 1.29 is 13.6 Å². The van der Waals surface area contributed by atoms with Crippen LogP contribution in [0, 0.1) is 5.82 Å². The molecule has 0 saturated heterocycles. The first-order chi connectivity index (χ1) is 11.2. The topological polar surface area (TPSA) is 60.1 Å². The molecule has 1 amide bonds. The summed E-state index contributed by atoms with van der Waals surface area (Å²) in [5.41, 5.74) is 1.79. The molecule has 0 aliphatic carbocycles. The molecule has 2 heterocycles. The number of halogens is 1. The predicted molar refractivity (Wildman–Crippen MR) is 82.8 cm³/mol. The number of benzene rings is 1. The van der Waals surface area contributed by atoms with E-state index in [1.54, 1.807) is 35.2 Å². The molecule has 118 valence electrons. The Morgan fingerprint density at radius 3 is 2.91 bits per heavy atom. The van der Waals surface area contributed by atoms with E-state index in [1.807, 2.05) is 6.92 Å². The molecule has 2 aromatic heterocycles. The van der Waals surface area contributed by atoms with Crippen LogP contribution in [0.5, 0.6) is 0 Å². The number of carbonyl (C=O) groups is 1. The van der Waals surface area contributed by atoms with Gasteiger partial charge in [0.1, 0.15) is 11.6 Å². The maximum absolute atomic E-state index is 13.4. The number of aromatic nitrogens is 2. The Labute approximate surface area is 132 Å². The Bertz CT molecular complexity index is 809. The van der Waals surface area contributed by atoms with Crippen LogP contribution < -0.4 is 5.32 Å². The highest BCUT2D eigenvalue weighted by molar-refractivity contribution is 5.95. The van der Waals surface area contributed by atoms with Gasteiger partial charge in [0, 0.05) is 0 Å². The van der Waals surface area contributed by atoms with Crippen molar-refractivity contribution in [3.05, 3.63) is 71.7 Å². The fourth-order valence-electron chi connectivity index (χ4n) is 2.41. The van der Waals surface area contributed by atoms with E-state index in [0.717, 1.165) is 5.69 Å². The third kappa shape index (κ3) is 3.15. The number of amides is 1. The molecule has 23 heavy (non-hydrogen) atoms. The van der Waals surface area contributed by atoms with E-state index in [4.69, 9.17) is 4.42 Å². The van der Waals surface area contributed by atoms with Crippen LogP contribution in [0.4, 0.5) is 4.39 Å². The van der Waals surface area contributed by atoms with Gasteiger partial charge in [-0.3, -0.25) is 4.79 Å². The minimum atomic E-state index is -0.344. The van der Waals surface area contributed by atoms with E-state index in [1.165, 1.54) is 18.3 Å². The molecule has 3 aromatic rings. The molecule has 0 radical (unpaired) electrons. The summed E-state index contributed by atoms with van der Waals surface area (Å²) in [5.74, 6) is 0.0960. The molecule has 1 N–H and O–H groups in total. The summed E-state index contributed by atoms with van der Waals surface area (Å²) >= 11 is 0. The van der Waals surface area contributed by atoms with Crippen molar-refractivity contribution in [1.82, 2.24) is 15.1 Å². The highest BCUT2D eigenvalue weighted by Gasteiger charge is 2.17. The fraction of sp³-hybridized carbons (Fsp3) is 0.176. The Kier molecular flexibility index (Phi) is 4.23. The summed E-state index contributed by atoms with van der Waals surface area (Å²) in [4.78, 5) is 12.4. The standard InChI is InChI=1S/C17H16FN3O2/c1-2-16-15(17(22)19-10-14-7-4-8-23-14)11-20-21(16)13-6-3-5-12(18)9-13/h3-9,11H,2,10H2,1H3,(H,19,22). The normalized spacial score (nSPS) is 10.7. The van der Waals surface area contributed by atoms with Crippen LogP contribution in [0.15, 0.2) is 53.3 Å². The second-order valence-corrected chi connectivity index (χ2v) is 5.01. The molecular formula is C17H16FN3O2. The Hall–Kier alpha value is -2.89. The lowest BCUT2D eigenvalue weighted by atomic mass is 10.2. The molecule has 0 fully saturated rings. The van der Waals surface area contributed by atoms with E-state index in [2.05, 4.69) is 10.4 Å². The minimum absolute atomic E-state index is 0.235. The van der Waals surface area contributed by atoms with E-state index >= 15 is 0 Å². The van der Waals surface area contributed by atoms with Crippen molar-refractivity contribution in [1.29, 1.82) is 0 Å². The Balaban J connectivity index is 1.84. The van der Waals surface area contributed by atoms with E-state index in [9.17, 15) is 9.18 Å². The third-order valence-electron chi connectivity index (χ3n) is 3.50. The molecular weight excluding hydrogens is 297 g/mol. The summed E-state index contributed by atoms with van der Waals surface area (Å²) in [6, 6.07) is 9.67. The lowest BCUT2D eigenvalue weighted by molar-refractivity contribution is 0.0947. The average molecular weight is 313 g/mol. The monoisotopic (exact) mass is 313 g/mol. The van der Waals surface area contributed by atoms with Gasteiger partial charge in [-0.05, 0) is 36.8 Å². The molecule has 0 aliphatic rings. The maximum Gasteiger partial charge on any atom is 0.255 e. The zero-order chi connectivity index (χ0) is 16.2. The third-order valence-corrected chi connectivity index (χ3v) is 3.50. The first-order valence-corrected chi connectivity index (χ1v) is 7.32. The largest absolute Gasteiger partial charge is 0.467 e. The summed E-state index contributed by atoms with van der Waals surface area (Å²) in [6.07, 6.45) is 3.65. The van der Waals surface area contributed by atoms with Gasteiger partial charge in [-0.25, -0.2) is 9.07 Å². The molecule has 0 unspecified atom stereocenters. The number of hydrogen-bond acceptors (Lipinski definition) is 3. The van der Waals surface area contributed by atoms with Gasteiger partial charge in [-0.1, -0.05) is 13.0 Å². The molecule has 1 aromatic carbocycles. The number of nitrogens with zero attached hydrogens (tertiary/aromatic N) is 2. The highest BCUT2D eigenvalue weighted by Crippen LogP contribution is 2.17. The second kappa shape index (κ2) is 6.48. The Morgan fingerprint density at radius 2 is 2.22 bits per heavy atom. The van der Waals surface area contributed by atoms with E-state index < -0.39 is 0 Å². The van der Waals surface area contributed by atoms with E-state index in [0.29, 0.717) is 30.0 Å². The molecule has 0 spiro atoms. The lowest BCUT2D eigenvalue weighted by Crippen LogP contribution is -2.23. The van der Waals surface area contributed by atoms with Gasteiger partial charge in [0.2, 0.25) is 0 Å². The molecule has 3 rings (SSSR count). The van der Waals surface area contributed by atoms with Gasteiger partial charge >= 0.3 is 0 Å². The number of nitrogens with one attached hydrogen (secondary N) is 1. The molecule has 0 aliphatic heterocycles. The van der Waals surface area contributed by atoms with Crippen LogP contribution >= 0.6 is 0 Å². The first-order valence-electron chi connectivity index (χ1n) is 7.32. The summed E-state index contributed by atoms with van der Waals surface area (Å²) in [7, 11) is 0. The molecule has 0 bridgehead atoms. The number of hydrogen-bond donors (Lipinski definition) is 1. The van der Waals surface area contributed by atoms with Crippen LogP contribution in [0.1, 0.15) is 28.7 Å². The lowest BCUT2D eigenvalue weighted by Gasteiger charge is -2.08. The fourth-order valence-corrected chi connectivity index (χ4v) is 2.41. The summed E-state index contributed by atoms with van der Waals surface area (Å²) < 4.78 is 20.2. The van der Waals surface area contributed by atoms with Gasteiger partial charge in [-0.15, -0.1) is 0 Å². The number of furan rings is 1. The average Bonchev–Trinajstić information content (AvgIpc) is 3.21. The zero-order valence-corrected chi connectivity index (χ0v) is 12.6. The summed E-state index contributed by atoms with van der Waals surface area (Å²) in [5, 5.41) is 7.02. The van der Waals surface area contributed by atoms with Crippen LogP contribution in [0.2, 0.25) is 0 Å². The zero-order valence-electron chi connectivity index (χ0n) is 12.6. The second-order valence-electron chi connectivity index (χ2n) is 5.01. The van der Waals surface area contributed by atoms with Crippen molar-refractivity contribution in [2.75, 3.05) is 0 Å². The highest BCUT2D eigenvalue weighted by atomic mass is 19.1. The van der Waals surface area contributed by atoms with Crippen LogP contribution in [0.25, 0.3) is 5.69 Å². The minimum Gasteiger partial charge on any atom is -0.467 e. The van der Waals surface area contributed by atoms with Gasteiger partial charge in [0.15, 0.2) is 0 Å². The van der Waals surface area contributed by atoms with Crippen molar-refractivity contribution in [2.24, 2.45) is 0 Å². The van der Waals surface area contributed by atoms with Crippen LogP contribution in [-0.2, 0) is 13.0 Å². The Morgan fingerprint density at radius 1 is 1.35 bits per heavy atom. The molecule has 0 saturated carbocycles. The van der Waals surface area contributed by atoms with Crippen LogP contribution in [0.3, 0.4) is 0 Å². The van der Waals surface area contributed by atoms with Crippen molar-refractivity contribution in [2.45, 2.75) is 19.9 Å².